The molecule has 0 saturated heterocycles. The van der Waals surface area contributed by atoms with Gasteiger partial charge in [-0.25, -0.2) is 0 Å². The molecule has 2 heteroatoms. The van der Waals surface area contributed by atoms with Crippen LogP contribution in [-0.4, -0.2) is 5.54 Å². The van der Waals surface area contributed by atoms with E-state index in [0.717, 1.165) is 24.9 Å². The van der Waals surface area contributed by atoms with Gasteiger partial charge in [0.15, 0.2) is 0 Å². The van der Waals surface area contributed by atoms with Crippen molar-refractivity contribution in [1.29, 1.82) is 5.26 Å². The molecule has 0 bridgehead atoms. The molecule has 2 atom stereocenters. The first-order chi connectivity index (χ1) is 8.55. The molecule has 0 fully saturated rings. The Labute approximate surface area is 111 Å². The topological polar surface area (TPSA) is 35.8 Å². The molecule has 1 N–H and O–H groups in total. The van der Waals surface area contributed by atoms with Crippen LogP contribution in [0.25, 0.3) is 0 Å². The summed E-state index contributed by atoms with van der Waals surface area (Å²) in [4.78, 5) is 0. The summed E-state index contributed by atoms with van der Waals surface area (Å²) in [6.07, 6.45) is 2.82. The summed E-state index contributed by atoms with van der Waals surface area (Å²) < 4.78 is 0. The number of nitrogens with one attached hydrogen (secondary N) is 1. The molecule has 0 aliphatic carbocycles. The second kappa shape index (κ2) is 6.44. The summed E-state index contributed by atoms with van der Waals surface area (Å²) in [6.45, 7) is 8.53. The van der Waals surface area contributed by atoms with Crippen LogP contribution in [0.3, 0.4) is 0 Å². The highest BCUT2D eigenvalue weighted by atomic mass is 15.0. The van der Waals surface area contributed by atoms with Crippen LogP contribution in [0.2, 0.25) is 0 Å². The van der Waals surface area contributed by atoms with Crippen LogP contribution in [0, 0.1) is 24.2 Å². The lowest BCUT2D eigenvalue weighted by atomic mass is 9.85. The van der Waals surface area contributed by atoms with Crippen LogP contribution in [-0.2, 0) is 0 Å². The van der Waals surface area contributed by atoms with Crippen molar-refractivity contribution in [2.45, 2.75) is 52.5 Å². The first-order valence-electron chi connectivity index (χ1n) is 6.81. The SMILES string of the molecule is CCC(C)CC(C#N)(CC)Nc1cccc(C)c1. The van der Waals surface area contributed by atoms with Gasteiger partial charge in [0.1, 0.15) is 5.54 Å². The van der Waals surface area contributed by atoms with Crippen LogP contribution in [0.5, 0.6) is 0 Å². The summed E-state index contributed by atoms with van der Waals surface area (Å²) in [7, 11) is 0. The van der Waals surface area contributed by atoms with Crippen LogP contribution in [0.15, 0.2) is 24.3 Å². The Balaban J connectivity index is 2.89. The van der Waals surface area contributed by atoms with Crippen LogP contribution < -0.4 is 5.32 Å². The largest absolute Gasteiger partial charge is 0.367 e. The minimum absolute atomic E-state index is 0.441. The first kappa shape index (κ1) is 14.6. The summed E-state index contributed by atoms with van der Waals surface area (Å²) in [5.74, 6) is 0.557. The van der Waals surface area contributed by atoms with Crippen molar-refractivity contribution in [1.82, 2.24) is 0 Å². The number of rotatable bonds is 6. The van der Waals surface area contributed by atoms with E-state index in [-0.39, 0.29) is 0 Å². The maximum atomic E-state index is 9.54. The third kappa shape index (κ3) is 3.77. The fraction of sp³-hybridized carbons (Fsp3) is 0.562. The smallest absolute Gasteiger partial charge is 0.125 e. The Morgan fingerprint density at radius 2 is 2.11 bits per heavy atom. The molecular weight excluding hydrogens is 220 g/mol. The zero-order valence-corrected chi connectivity index (χ0v) is 12.0. The molecule has 0 heterocycles. The van der Waals surface area contributed by atoms with Gasteiger partial charge in [0, 0.05) is 5.69 Å². The maximum Gasteiger partial charge on any atom is 0.125 e. The number of anilines is 1. The Morgan fingerprint density at radius 3 is 2.61 bits per heavy atom. The highest BCUT2D eigenvalue weighted by molar-refractivity contribution is 5.49. The maximum absolute atomic E-state index is 9.54. The average Bonchev–Trinajstić information content (AvgIpc) is 2.37. The Kier molecular flexibility index (Phi) is 5.22. The molecule has 98 valence electrons. The molecule has 2 nitrogen and oxygen atoms in total. The molecule has 0 aliphatic rings. The highest BCUT2D eigenvalue weighted by Gasteiger charge is 2.29. The standard InChI is InChI=1S/C16H24N2/c1-5-13(3)11-16(6-2,12-17)18-15-9-7-8-14(4)10-15/h7-10,13,18H,5-6,11H2,1-4H3. The highest BCUT2D eigenvalue weighted by Crippen LogP contribution is 2.27. The van der Waals surface area contributed by atoms with Gasteiger partial charge in [-0.3, -0.25) is 0 Å². The number of nitrogens with zero attached hydrogens (tertiary/aromatic N) is 1. The number of aryl methyl sites for hydroxylation is 1. The molecule has 1 aromatic rings. The van der Waals surface area contributed by atoms with Crippen LogP contribution in [0.4, 0.5) is 5.69 Å². The molecule has 0 saturated carbocycles. The average molecular weight is 244 g/mol. The quantitative estimate of drug-likeness (QED) is 0.798. The lowest BCUT2D eigenvalue weighted by molar-refractivity contribution is 0.404. The van der Waals surface area contributed by atoms with Crippen molar-refractivity contribution in [3.8, 4) is 6.07 Å². The molecule has 1 rings (SSSR count). The zero-order valence-electron chi connectivity index (χ0n) is 12.0. The molecule has 1 aromatic carbocycles. The molecule has 2 unspecified atom stereocenters. The Morgan fingerprint density at radius 1 is 1.39 bits per heavy atom. The molecule has 0 amide bonds. The third-order valence-electron chi connectivity index (χ3n) is 3.61. The van der Waals surface area contributed by atoms with Gasteiger partial charge in [-0.15, -0.1) is 0 Å². The van der Waals surface area contributed by atoms with Crippen molar-refractivity contribution in [2.75, 3.05) is 5.32 Å². The molecular formula is C16H24N2. The number of hydrogen-bond acceptors (Lipinski definition) is 2. The van der Waals surface area contributed by atoms with Gasteiger partial charge in [0.05, 0.1) is 6.07 Å². The van der Waals surface area contributed by atoms with Crippen LogP contribution in [0.1, 0.15) is 45.6 Å². The summed E-state index contributed by atoms with van der Waals surface area (Å²) in [5, 5.41) is 13.0. The van der Waals surface area contributed by atoms with E-state index < -0.39 is 5.54 Å². The predicted octanol–water partition coefficient (Wildman–Crippen LogP) is 4.52. The molecule has 0 aromatic heterocycles. The van der Waals surface area contributed by atoms with Gasteiger partial charge < -0.3 is 5.32 Å². The lowest BCUT2D eigenvalue weighted by Crippen LogP contribution is -2.37. The van der Waals surface area contributed by atoms with E-state index in [1.54, 1.807) is 0 Å². The Bertz CT molecular complexity index is 419. The van der Waals surface area contributed by atoms with E-state index in [9.17, 15) is 5.26 Å². The lowest BCUT2D eigenvalue weighted by Gasteiger charge is -2.30. The summed E-state index contributed by atoms with van der Waals surface area (Å²) in [5.41, 5.74) is 1.82. The summed E-state index contributed by atoms with van der Waals surface area (Å²) >= 11 is 0. The minimum atomic E-state index is -0.441. The van der Waals surface area contributed by atoms with Crippen molar-refractivity contribution < 1.29 is 0 Å². The van der Waals surface area contributed by atoms with Gasteiger partial charge in [-0.1, -0.05) is 39.3 Å². The van der Waals surface area contributed by atoms with Gasteiger partial charge in [-0.2, -0.15) is 5.26 Å². The van der Waals surface area contributed by atoms with E-state index in [2.05, 4.69) is 51.2 Å². The number of hydrogen-bond donors (Lipinski definition) is 1. The monoisotopic (exact) mass is 244 g/mol. The van der Waals surface area contributed by atoms with E-state index in [4.69, 9.17) is 0 Å². The van der Waals surface area contributed by atoms with Crippen molar-refractivity contribution in [3.05, 3.63) is 29.8 Å². The van der Waals surface area contributed by atoms with E-state index >= 15 is 0 Å². The normalized spacial score (nSPS) is 15.5. The van der Waals surface area contributed by atoms with E-state index in [0.29, 0.717) is 5.92 Å². The van der Waals surface area contributed by atoms with Crippen molar-refractivity contribution in [3.63, 3.8) is 0 Å². The second-order valence-corrected chi connectivity index (χ2v) is 5.26. The second-order valence-electron chi connectivity index (χ2n) is 5.26. The fourth-order valence-corrected chi connectivity index (χ4v) is 2.17. The van der Waals surface area contributed by atoms with Gasteiger partial charge >= 0.3 is 0 Å². The van der Waals surface area contributed by atoms with Crippen LogP contribution >= 0.6 is 0 Å². The zero-order chi connectivity index (χ0) is 13.6. The molecule has 0 radical (unpaired) electrons. The number of benzene rings is 1. The Hall–Kier alpha value is -1.49. The third-order valence-corrected chi connectivity index (χ3v) is 3.61. The van der Waals surface area contributed by atoms with Gasteiger partial charge in [0.2, 0.25) is 0 Å². The first-order valence-corrected chi connectivity index (χ1v) is 6.81. The van der Waals surface area contributed by atoms with Gasteiger partial charge in [0.25, 0.3) is 0 Å². The summed E-state index contributed by atoms with van der Waals surface area (Å²) in [6, 6.07) is 10.7. The predicted molar refractivity (Wildman–Crippen MR) is 77.5 cm³/mol. The van der Waals surface area contributed by atoms with Gasteiger partial charge in [-0.05, 0) is 43.4 Å². The number of nitriles is 1. The minimum Gasteiger partial charge on any atom is -0.367 e. The molecule has 0 spiro atoms. The van der Waals surface area contributed by atoms with Crippen molar-refractivity contribution >= 4 is 5.69 Å². The van der Waals surface area contributed by atoms with Crippen molar-refractivity contribution in [2.24, 2.45) is 5.92 Å². The van der Waals surface area contributed by atoms with E-state index in [1.807, 2.05) is 12.1 Å². The van der Waals surface area contributed by atoms with E-state index in [1.165, 1.54) is 5.56 Å². The molecule has 18 heavy (non-hydrogen) atoms. The fourth-order valence-electron chi connectivity index (χ4n) is 2.17. The molecule has 0 aliphatic heterocycles.